The van der Waals surface area contributed by atoms with E-state index in [0.29, 0.717) is 63.2 Å². The number of esters is 1. The highest BCUT2D eigenvalue weighted by atomic mass is 16.7. The number of fused-ring (bicyclic) bond motifs is 5. The Kier molecular flexibility index (Phi) is 5.90. The fraction of sp³-hybridized carbons (Fsp3) is 0.444. The average Bonchev–Trinajstić information content (AvgIpc) is 3.53. The second-order valence-electron chi connectivity index (χ2n) is 9.37. The van der Waals surface area contributed by atoms with Crippen LogP contribution in [0.3, 0.4) is 0 Å². The van der Waals surface area contributed by atoms with E-state index in [1.165, 1.54) is 7.11 Å². The fourth-order valence-electron chi connectivity index (χ4n) is 4.99. The van der Waals surface area contributed by atoms with Crippen LogP contribution >= 0.6 is 0 Å². The van der Waals surface area contributed by atoms with Gasteiger partial charge in [-0.05, 0) is 50.8 Å². The molecule has 0 unspecified atom stereocenters. The van der Waals surface area contributed by atoms with E-state index in [2.05, 4.69) is 0 Å². The number of allylic oxidation sites excluding steroid dienone is 1. The number of carbonyl (C=O) groups excluding carboxylic acids is 1. The predicted octanol–water partition coefficient (Wildman–Crippen LogP) is 4.32. The van der Waals surface area contributed by atoms with Gasteiger partial charge in [-0.15, -0.1) is 0 Å². The fourth-order valence-corrected chi connectivity index (χ4v) is 4.99. The standard InChI is InChI=1S/C27H30O9/c1-7-13(2)26(28)36-25-16-10-18-22(35-12-33-18)24(31-6)20(16)19-15(8-14(3)27(25,4)29)9-17-21(23(19)30-5)34-11-32-17/h7,9-10,14,25,29H,8,11-12H2,1-6H3/t14-,25+,27-/m0/s1. The van der Waals surface area contributed by atoms with Crippen molar-refractivity contribution in [2.24, 2.45) is 5.92 Å². The monoisotopic (exact) mass is 498 g/mol. The number of methoxy groups -OCH3 is 2. The molecule has 0 radical (unpaired) electrons. The van der Waals surface area contributed by atoms with Crippen LogP contribution in [-0.2, 0) is 16.0 Å². The van der Waals surface area contributed by atoms with E-state index >= 15 is 0 Å². The number of aliphatic hydroxyl groups is 1. The van der Waals surface area contributed by atoms with Crippen molar-refractivity contribution in [2.75, 3.05) is 27.8 Å². The summed E-state index contributed by atoms with van der Waals surface area (Å²) in [6, 6.07) is 3.64. The molecule has 2 aromatic carbocycles. The molecule has 9 nitrogen and oxygen atoms in total. The quantitative estimate of drug-likeness (QED) is 0.488. The molecule has 9 heteroatoms. The summed E-state index contributed by atoms with van der Waals surface area (Å²) in [7, 11) is 3.09. The molecule has 0 saturated heterocycles. The third-order valence-electron chi connectivity index (χ3n) is 7.33. The Balaban J connectivity index is 1.88. The molecule has 2 aromatic rings. The summed E-state index contributed by atoms with van der Waals surface area (Å²) in [6.07, 6.45) is 1.04. The molecule has 0 fully saturated rings. The molecule has 3 aliphatic rings. The molecule has 0 amide bonds. The number of hydrogen-bond acceptors (Lipinski definition) is 9. The maximum Gasteiger partial charge on any atom is 0.334 e. The van der Waals surface area contributed by atoms with Gasteiger partial charge in [0.15, 0.2) is 29.1 Å². The van der Waals surface area contributed by atoms with E-state index in [4.69, 9.17) is 33.2 Å². The molecule has 2 heterocycles. The van der Waals surface area contributed by atoms with Gasteiger partial charge in [0, 0.05) is 22.3 Å². The van der Waals surface area contributed by atoms with Gasteiger partial charge in [-0.25, -0.2) is 4.79 Å². The summed E-state index contributed by atoms with van der Waals surface area (Å²) in [5, 5.41) is 11.9. The highest BCUT2D eigenvalue weighted by Gasteiger charge is 2.47. The maximum absolute atomic E-state index is 13.0. The van der Waals surface area contributed by atoms with Crippen LogP contribution in [0.5, 0.6) is 34.5 Å². The molecule has 192 valence electrons. The Morgan fingerprint density at radius 1 is 1.03 bits per heavy atom. The second-order valence-corrected chi connectivity index (χ2v) is 9.37. The normalized spacial score (nSPS) is 23.8. The molecule has 2 aliphatic heterocycles. The van der Waals surface area contributed by atoms with Crippen molar-refractivity contribution in [3.05, 3.63) is 34.9 Å². The van der Waals surface area contributed by atoms with Gasteiger partial charge in [-0.3, -0.25) is 0 Å². The summed E-state index contributed by atoms with van der Waals surface area (Å²) >= 11 is 0. The van der Waals surface area contributed by atoms with Crippen molar-refractivity contribution < 1.29 is 43.1 Å². The molecule has 0 saturated carbocycles. The number of ether oxygens (including phenoxy) is 7. The number of rotatable bonds is 4. The predicted molar refractivity (Wildman–Crippen MR) is 129 cm³/mol. The molecule has 5 rings (SSSR count). The van der Waals surface area contributed by atoms with Gasteiger partial charge in [0.1, 0.15) is 5.60 Å². The first-order valence-corrected chi connectivity index (χ1v) is 11.8. The molecular formula is C27H30O9. The Hall–Kier alpha value is -3.59. The highest BCUT2D eigenvalue weighted by molar-refractivity contribution is 5.91. The summed E-state index contributed by atoms with van der Waals surface area (Å²) in [4.78, 5) is 13.0. The van der Waals surface area contributed by atoms with Gasteiger partial charge in [-0.1, -0.05) is 13.0 Å². The van der Waals surface area contributed by atoms with Crippen LogP contribution in [0.15, 0.2) is 23.8 Å². The van der Waals surface area contributed by atoms with Crippen LogP contribution in [0.4, 0.5) is 0 Å². The lowest BCUT2D eigenvalue weighted by atomic mass is 9.73. The van der Waals surface area contributed by atoms with Gasteiger partial charge >= 0.3 is 5.97 Å². The van der Waals surface area contributed by atoms with Crippen molar-refractivity contribution in [2.45, 2.75) is 45.8 Å². The third-order valence-corrected chi connectivity index (χ3v) is 7.33. The lowest BCUT2D eigenvalue weighted by molar-refractivity contribution is -0.166. The Bertz CT molecular complexity index is 1260. The summed E-state index contributed by atoms with van der Waals surface area (Å²) in [5.74, 6) is 1.86. The van der Waals surface area contributed by atoms with Crippen LogP contribution in [-0.4, -0.2) is 44.5 Å². The Morgan fingerprint density at radius 3 is 2.19 bits per heavy atom. The van der Waals surface area contributed by atoms with Gasteiger partial charge in [0.05, 0.1) is 14.2 Å². The zero-order valence-electron chi connectivity index (χ0n) is 21.2. The van der Waals surface area contributed by atoms with Gasteiger partial charge in [0.25, 0.3) is 0 Å². The first kappa shape index (κ1) is 24.1. The zero-order chi connectivity index (χ0) is 25.8. The van der Waals surface area contributed by atoms with Crippen molar-refractivity contribution >= 4 is 5.97 Å². The van der Waals surface area contributed by atoms with Crippen LogP contribution in [0.1, 0.15) is 44.9 Å². The van der Waals surface area contributed by atoms with Crippen molar-refractivity contribution in [1.29, 1.82) is 0 Å². The number of hydrogen-bond donors (Lipinski definition) is 1. The van der Waals surface area contributed by atoms with E-state index in [-0.39, 0.29) is 19.5 Å². The molecule has 36 heavy (non-hydrogen) atoms. The summed E-state index contributed by atoms with van der Waals surface area (Å²) in [5.41, 5.74) is 1.59. The molecule has 0 spiro atoms. The first-order valence-electron chi connectivity index (χ1n) is 11.8. The van der Waals surface area contributed by atoms with Crippen LogP contribution < -0.4 is 28.4 Å². The van der Waals surface area contributed by atoms with Crippen molar-refractivity contribution in [3.63, 3.8) is 0 Å². The van der Waals surface area contributed by atoms with E-state index < -0.39 is 17.7 Å². The topological polar surface area (TPSA) is 102 Å². The molecular weight excluding hydrogens is 468 g/mol. The molecule has 1 N–H and O–H groups in total. The molecule has 0 bridgehead atoms. The van der Waals surface area contributed by atoms with Crippen LogP contribution in [0.2, 0.25) is 0 Å². The van der Waals surface area contributed by atoms with Crippen LogP contribution in [0, 0.1) is 5.92 Å². The molecule has 0 aromatic heterocycles. The Labute approximate surface area is 209 Å². The van der Waals surface area contributed by atoms with Crippen molar-refractivity contribution in [3.8, 4) is 45.6 Å². The second kappa shape index (κ2) is 8.81. The zero-order valence-corrected chi connectivity index (χ0v) is 21.2. The van der Waals surface area contributed by atoms with E-state index in [1.807, 2.05) is 13.0 Å². The van der Waals surface area contributed by atoms with Crippen molar-refractivity contribution in [1.82, 2.24) is 0 Å². The smallest absolute Gasteiger partial charge is 0.334 e. The molecule has 1 aliphatic carbocycles. The summed E-state index contributed by atoms with van der Waals surface area (Å²) < 4.78 is 40.7. The largest absolute Gasteiger partial charge is 0.492 e. The maximum atomic E-state index is 13.0. The minimum atomic E-state index is -1.46. The Morgan fingerprint density at radius 2 is 1.61 bits per heavy atom. The van der Waals surface area contributed by atoms with E-state index in [1.54, 1.807) is 40.0 Å². The third kappa shape index (κ3) is 3.52. The number of carbonyl (C=O) groups is 1. The summed E-state index contributed by atoms with van der Waals surface area (Å²) in [6.45, 7) is 7.10. The van der Waals surface area contributed by atoms with Gasteiger partial charge in [0.2, 0.25) is 25.1 Å². The minimum Gasteiger partial charge on any atom is -0.492 e. The number of benzene rings is 2. The minimum absolute atomic E-state index is 0.00858. The van der Waals surface area contributed by atoms with Gasteiger partial charge < -0.3 is 38.3 Å². The van der Waals surface area contributed by atoms with E-state index in [9.17, 15) is 9.90 Å². The first-order chi connectivity index (χ1) is 17.2. The lowest BCUT2D eigenvalue weighted by Crippen LogP contribution is -2.44. The molecule has 3 atom stereocenters. The van der Waals surface area contributed by atoms with E-state index in [0.717, 1.165) is 5.56 Å². The lowest BCUT2D eigenvalue weighted by Gasteiger charge is -2.41. The SMILES string of the molecule is CC=C(C)C(=O)O[C@@H]1c2cc3c(c(OC)c2-c2c(cc4c(c2OC)OCO4)C[C@H](C)[C@]1(C)O)OCO3. The van der Waals surface area contributed by atoms with Gasteiger partial charge in [-0.2, -0.15) is 0 Å². The average molecular weight is 499 g/mol. The van der Waals surface area contributed by atoms with Crippen LogP contribution in [0.25, 0.3) is 11.1 Å². The highest BCUT2D eigenvalue weighted by Crippen LogP contribution is 2.59.